The van der Waals surface area contributed by atoms with Gasteiger partial charge in [0.2, 0.25) is 0 Å². The number of hydrogen-bond acceptors (Lipinski definition) is 7. The summed E-state index contributed by atoms with van der Waals surface area (Å²) in [6.07, 6.45) is -7.26. The van der Waals surface area contributed by atoms with Crippen LogP contribution < -0.4 is 4.90 Å². The molecule has 170 valence electrons. The Morgan fingerprint density at radius 3 is 2.59 bits per heavy atom. The largest absolute Gasteiger partial charge is 0.418 e. The summed E-state index contributed by atoms with van der Waals surface area (Å²) >= 11 is 0. The van der Waals surface area contributed by atoms with Crippen LogP contribution in [0.15, 0.2) is 41.0 Å². The highest BCUT2D eigenvalue weighted by atomic mass is 19.4. The van der Waals surface area contributed by atoms with Gasteiger partial charge in [-0.15, -0.1) is 0 Å². The number of aliphatic hydroxyl groups excluding tert-OH is 1. The average Bonchev–Trinajstić information content (AvgIpc) is 3.24. The van der Waals surface area contributed by atoms with Crippen molar-refractivity contribution in [2.24, 2.45) is 5.92 Å². The maximum atomic E-state index is 13.0. The first-order chi connectivity index (χ1) is 15.4. The highest BCUT2D eigenvalue weighted by molar-refractivity contribution is 5.93. The quantitative estimate of drug-likeness (QED) is 0.642. The number of alkyl halides is 3. The second-order valence-electron chi connectivity index (χ2n) is 8.38. The first-order valence-electron chi connectivity index (χ1n) is 10.5. The van der Waals surface area contributed by atoms with E-state index in [2.05, 4.69) is 20.1 Å². The van der Waals surface area contributed by atoms with Gasteiger partial charge in [0, 0.05) is 38.6 Å². The average molecular weight is 448 g/mol. The normalized spacial score (nSPS) is 19.3. The molecule has 0 bridgehead atoms. The van der Waals surface area contributed by atoms with Crippen LogP contribution in [0.2, 0.25) is 0 Å². The van der Waals surface area contributed by atoms with Crippen molar-refractivity contribution >= 4 is 16.7 Å². The molecule has 10 heteroatoms. The van der Waals surface area contributed by atoms with Gasteiger partial charge in [0.1, 0.15) is 5.52 Å². The van der Waals surface area contributed by atoms with Crippen LogP contribution in [0.1, 0.15) is 11.7 Å². The van der Waals surface area contributed by atoms with E-state index >= 15 is 0 Å². The van der Waals surface area contributed by atoms with Crippen molar-refractivity contribution in [1.82, 2.24) is 15.2 Å². The van der Waals surface area contributed by atoms with Gasteiger partial charge in [-0.25, -0.2) is 4.63 Å². The lowest BCUT2D eigenvalue weighted by Gasteiger charge is -2.43. The maximum Gasteiger partial charge on any atom is 0.418 e. The van der Waals surface area contributed by atoms with Gasteiger partial charge in [-0.3, -0.25) is 4.90 Å². The Kier molecular flexibility index (Phi) is 5.52. The molecule has 3 aromatic rings. The number of hydrogen-bond donors (Lipinski definition) is 1. The smallest absolute Gasteiger partial charge is 0.379 e. The molecular weight excluding hydrogens is 425 g/mol. The molecule has 32 heavy (non-hydrogen) atoms. The first-order valence-corrected chi connectivity index (χ1v) is 10.5. The monoisotopic (exact) mass is 448 g/mol. The Morgan fingerprint density at radius 2 is 1.84 bits per heavy atom. The number of benzene rings is 2. The lowest BCUT2D eigenvalue weighted by atomic mass is 9.95. The van der Waals surface area contributed by atoms with Crippen molar-refractivity contribution in [3.8, 4) is 11.1 Å². The highest BCUT2D eigenvalue weighted by Gasteiger charge is 2.39. The second-order valence-corrected chi connectivity index (χ2v) is 8.38. The molecule has 0 amide bonds. The summed E-state index contributed by atoms with van der Waals surface area (Å²) in [5, 5.41) is 17.6. The molecule has 0 spiro atoms. The number of aliphatic hydroxyl groups is 1. The van der Waals surface area contributed by atoms with Crippen LogP contribution in [0.25, 0.3) is 22.2 Å². The number of halogens is 3. The number of ether oxygens (including phenoxy) is 1. The van der Waals surface area contributed by atoms with Crippen molar-refractivity contribution in [3.05, 3.63) is 42.0 Å². The van der Waals surface area contributed by atoms with Crippen molar-refractivity contribution in [3.63, 3.8) is 0 Å². The third-order valence-electron chi connectivity index (χ3n) is 6.10. The van der Waals surface area contributed by atoms with Gasteiger partial charge in [0.15, 0.2) is 11.6 Å². The summed E-state index contributed by atoms with van der Waals surface area (Å²) < 4.78 is 49.2. The Hall–Kier alpha value is -2.69. The van der Waals surface area contributed by atoms with Crippen LogP contribution in [0.4, 0.5) is 18.9 Å². The highest BCUT2D eigenvalue weighted by Crippen LogP contribution is 2.37. The predicted molar refractivity (Wildman–Crippen MR) is 111 cm³/mol. The molecule has 1 aromatic heterocycles. The number of rotatable bonds is 5. The third-order valence-corrected chi connectivity index (χ3v) is 6.10. The Labute approximate surface area is 182 Å². The minimum absolute atomic E-state index is 0.204. The Bertz CT molecular complexity index is 1090. The number of nitrogens with zero attached hydrogens (tertiary/aromatic N) is 4. The summed E-state index contributed by atoms with van der Waals surface area (Å²) in [7, 11) is 0. The molecule has 2 saturated heterocycles. The third kappa shape index (κ3) is 4.17. The van der Waals surface area contributed by atoms with Gasteiger partial charge in [0.05, 0.1) is 18.9 Å². The molecule has 2 aromatic carbocycles. The lowest BCUT2D eigenvalue weighted by Crippen LogP contribution is -2.53. The minimum atomic E-state index is -4.73. The molecule has 1 N–H and O–H groups in total. The molecule has 0 aliphatic carbocycles. The van der Waals surface area contributed by atoms with Crippen LogP contribution >= 0.6 is 0 Å². The van der Waals surface area contributed by atoms with E-state index in [4.69, 9.17) is 9.37 Å². The molecule has 2 fully saturated rings. The van der Waals surface area contributed by atoms with E-state index in [0.717, 1.165) is 51.6 Å². The molecule has 1 atom stereocenters. The van der Waals surface area contributed by atoms with E-state index in [1.165, 1.54) is 18.2 Å². The van der Waals surface area contributed by atoms with Crippen LogP contribution in [-0.4, -0.2) is 72.4 Å². The van der Waals surface area contributed by atoms with Crippen LogP contribution in [0.3, 0.4) is 0 Å². The van der Waals surface area contributed by atoms with Crippen molar-refractivity contribution < 1.29 is 27.6 Å². The summed E-state index contributed by atoms with van der Waals surface area (Å²) in [5.41, 5.74) is 3.06. The van der Waals surface area contributed by atoms with Crippen LogP contribution in [0, 0.1) is 5.92 Å². The number of aromatic nitrogens is 2. The van der Waals surface area contributed by atoms with Crippen molar-refractivity contribution in [2.75, 3.05) is 50.8 Å². The van der Waals surface area contributed by atoms with E-state index in [-0.39, 0.29) is 5.56 Å². The van der Waals surface area contributed by atoms with E-state index < -0.39 is 12.3 Å². The zero-order valence-corrected chi connectivity index (χ0v) is 17.3. The molecule has 5 rings (SSSR count). The fraction of sp³-hybridized carbons (Fsp3) is 0.455. The van der Waals surface area contributed by atoms with Gasteiger partial charge in [-0.05, 0) is 45.2 Å². The zero-order chi connectivity index (χ0) is 22.3. The number of fused-ring (bicyclic) bond motifs is 1. The Morgan fingerprint density at radius 1 is 1.06 bits per heavy atom. The Balaban J connectivity index is 1.39. The van der Waals surface area contributed by atoms with Gasteiger partial charge in [0.25, 0.3) is 0 Å². The first kappa shape index (κ1) is 21.2. The molecule has 3 heterocycles. The molecule has 7 nitrogen and oxygen atoms in total. The van der Waals surface area contributed by atoms with E-state index in [1.807, 2.05) is 6.07 Å². The van der Waals surface area contributed by atoms with Gasteiger partial charge in [-0.2, -0.15) is 13.2 Å². The standard InChI is InChI=1S/C22H23F3N4O3/c23-22(24,25)21(30)16-3-1-2-15(8-16)17-9-18-20(27-32-26-18)19(10-17)29-12-14(13-29)11-28-4-6-31-7-5-28/h1-3,8-10,14,21,30H,4-7,11-13H2. The molecular formula is C22H23F3N4O3. The van der Waals surface area contributed by atoms with E-state index in [0.29, 0.717) is 28.1 Å². The molecule has 1 unspecified atom stereocenters. The molecule has 2 aliphatic heterocycles. The van der Waals surface area contributed by atoms with Gasteiger partial charge >= 0.3 is 6.18 Å². The topological polar surface area (TPSA) is 74.9 Å². The van der Waals surface area contributed by atoms with E-state index in [1.54, 1.807) is 12.1 Å². The molecule has 0 saturated carbocycles. The van der Waals surface area contributed by atoms with Gasteiger partial charge < -0.3 is 14.7 Å². The predicted octanol–water partition coefficient (Wildman–Crippen LogP) is 3.25. The van der Waals surface area contributed by atoms with Gasteiger partial charge in [-0.1, -0.05) is 18.2 Å². The van der Waals surface area contributed by atoms with Crippen molar-refractivity contribution in [2.45, 2.75) is 12.3 Å². The summed E-state index contributed by atoms with van der Waals surface area (Å²) in [6.45, 7) is 6.16. The zero-order valence-electron chi connectivity index (χ0n) is 17.3. The molecule has 0 radical (unpaired) electrons. The summed E-state index contributed by atoms with van der Waals surface area (Å²) in [4.78, 5) is 4.60. The van der Waals surface area contributed by atoms with Crippen molar-refractivity contribution in [1.29, 1.82) is 0 Å². The van der Waals surface area contributed by atoms with Crippen LogP contribution in [-0.2, 0) is 4.74 Å². The minimum Gasteiger partial charge on any atom is -0.379 e. The fourth-order valence-corrected chi connectivity index (χ4v) is 4.39. The fourth-order valence-electron chi connectivity index (χ4n) is 4.39. The molecule has 2 aliphatic rings. The number of anilines is 1. The van der Waals surface area contributed by atoms with Crippen LogP contribution in [0.5, 0.6) is 0 Å². The second kappa shape index (κ2) is 8.34. The van der Waals surface area contributed by atoms with E-state index in [9.17, 15) is 18.3 Å². The number of morpholine rings is 1. The summed E-state index contributed by atoms with van der Waals surface area (Å²) in [5.74, 6) is 0.525. The lowest BCUT2D eigenvalue weighted by molar-refractivity contribution is -0.206. The maximum absolute atomic E-state index is 13.0. The SMILES string of the molecule is OC(c1cccc(-c2cc(N3CC(CN4CCOCC4)C3)c3nonc3c2)c1)C(F)(F)F. The summed E-state index contributed by atoms with van der Waals surface area (Å²) in [6, 6.07) is 9.48.